The molecule has 3 rings (SSSR count). The molecule has 2 heterocycles. The van der Waals surface area contributed by atoms with E-state index in [1.165, 1.54) is 16.4 Å². The number of aromatic nitrogens is 1. The number of rotatable bonds is 7. The lowest BCUT2D eigenvalue weighted by Crippen LogP contribution is -2.47. The number of benzene rings is 1. The lowest BCUT2D eigenvalue weighted by Gasteiger charge is -2.31. The summed E-state index contributed by atoms with van der Waals surface area (Å²) in [7, 11) is -1.83. The van der Waals surface area contributed by atoms with E-state index in [1.54, 1.807) is 6.20 Å². The predicted molar refractivity (Wildman–Crippen MR) is 106 cm³/mol. The first-order valence-corrected chi connectivity index (χ1v) is 10.4. The van der Waals surface area contributed by atoms with E-state index in [1.807, 2.05) is 30.1 Å². The van der Waals surface area contributed by atoms with Crippen molar-refractivity contribution in [2.24, 2.45) is 0 Å². The van der Waals surface area contributed by atoms with Gasteiger partial charge in [0, 0.05) is 57.1 Å². The molecule has 0 unspecified atom stereocenters. The van der Waals surface area contributed by atoms with Crippen LogP contribution < -0.4 is 5.32 Å². The van der Waals surface area contributed by atoms with Gasteiger partial charge in [0.25, 0.3) is 5.69 Å². The highest BCUT2D eigenvalue weighted by Crippen LogP contribution is 2.29. The fraction of sp³-hybridized carbons (Fsp3) is 0.389. The molecule has 28 heavy (non-hydrogen) atoms. The maximum absolute atomic E-state index is 12.8. The molecule has 1 aromatic carbocycles. The van der Waals surface area contributed by atoms with E-state index in [0.29, 0.717) is 44.8 Å². The minimum absolute atomic E-state index is 0.0565. The molecule has 0 spiro atoms. The molecule has 1 saturated heterocycles. The minimum Gasteiger partial charge on any atom is -0.379 e. The van der Waals surface area contributed by atoms with E-state index in [-0.39, 0.29) is 10.6 Å². The number of anilines is 1. The summed E-state index contributed by atoms with van der Waals surface area (Å²) in [4.78, 5) is 17.1. The topological polar surface area (TPSA) is 109 Å². The van der Waals surface area contributed by atoms with Crippen LogP contribution in [0, 0.1) is 10.1 Å². The van der Waals surface area contributed by atoms with Gasteiger partial charge in [-0.15, -0.1) is 0 Å². The van der Waals surface area contributed by atoms with Crippen molar-refractivity contribution in [3.63, 3.8) is 0 Å². The highest BCUT2D eigenvalue weighted by atomic mass is 32.2. The Hall–Kier alpha value is -2.56. The lowest BCUT2D eigenvalue weighted by atomic mass is 10.2. The number of pyridine rings is 1. The quantitative estimate of drug-likeness (QED) is 0.550. The van der Waals surface area contributed by atoms with Crippen LogP contribution in [0.1, 0.15) is 5.69 Å². The first-order chi connectivity index (χ1) is 13.4. The molecule has 150 valence electrons. The Morgan fingerprint density at radius 1 is 1.18 bits per heavy atom. The maximum atomic E-state index is 12.8. The predicted octanol–water partition coefficient (Wildman–Crippen LogP) is 1.58. The first kappa shape index (κ1) is 20.2. The summed E-state index contributed by atoms with van der Waals surface area (Å²) in [5.74, 6) is 0. The molecule has 0 amide bonds. The fourth-order valence-electron chi connectivity index (χ4n) is 3.02. The number of piperazine rings is 1. The number of nitrogens with one attached hydrogen (secondary N) is 1. The van der Waals surface area contributed by atoms with Crippen LogP contribution in [0.2, 0.25) is 0 Å². The van der Waals surface area contributed by atoms with Crippen molar-refractivity contribution in [3.8, 4) is 0 Å². The van der Waals surface area contributed by atoms with Crippen molar-refractivity contribution >= 4 is 21.4 Å². The van der Waals surface area contributed by atoms with Gasteiger partial charge in [0.1, 0.15) is 5.69 Å². The van der Waals surface area contributed by atoms with E-state index >= 15 is 0 Å². The molecule has 2 aromatic rings. The fourth-order valence-corrected chi connectivity index (χ4v) is 4.46. The van der Waals surface area contributed by atoms with Gasteiger partial charge in [0.2, 0.25) is 10.0 Å². The molecule has 1 aliphatic heterocycles. The van der Waals surface area contributed by atoms with Crippen molar-refractivity contribution in [2.45, 2.75) is 11.3 Å². The van der Waals surface area contributed by atoms with Crippen molar-refractivity contribution in [3.05, 3.63) is 58.4 Å². The Morgan fingerprint density at radius 2 is 1.93 bits per heavy atom. The molecule has 10 heteroatoms. The molecular weight excluding hydrogens is 382 g/mol. The van der Waals surface area contributed by atoms with E-state index in [0.717, 1.165) is 11.8 Å². The van der Waals surface area contributed by atoms with Gasteiger partial charge in [-0.05, 0) is 31.3 Å². The summed E-state index contributed by atoms with van der Waals surface area (Å²) >= 11 is 0. The van der Waals surface area contributed by atoms with Gasteiger partial charge in [0.05, 0.1) is 9.82 Å². The van der Waals surface area contributed by atoms with Crippen LogP contribution in [-0.2, 0) is 16.4 Å². The zero-order valence-electron chi connectivity index (χ0n) is 15.6. The van der Waals surface area contributed by atoms with Crippen LogP contribution >= 0.6 is 0 Å². The van der Waals surface area contributed by atoms with Crippen molar-refractivity contribution in [2.75, 3.05) is 45.1 Å². The van der Waals surface area contributed by atoms with Crippen molar-refractivity contribution in [1.29, 1.82) is 0 Å². The molecule has 0 aliphatic carbocycles. The van der Waals surface area contributed by atoms with Gasteiger partial charge in [-0.1, -0.05) is 6.07 Å². The number of hydrogen-bond donors (Lipinski definition) is 1. The average molecular weight is 405 g/mol. The van der Waals surface area contributed by atoms with Gasteiger partial charge in [-0.3, -0.25) is 15.1 Å². The molecular formula is C18H23N5O4S. The number of nitro benzene ring substituents is 1. The second kappa shape index (κ2) is 8.63. The largest absolute Gasteiger partial charge is 0.379 e. The summed E-state index contributed by atoms with van der Waals surface area (Å²) in [6.45, 7) is 2.46. The summed E-state index contributed by atoms with van der Waals surface area (Å²) in [6, 6.07) is 9.59. The Kier molecular flexibility index (Phi) is 6.22. The molecule has 0 bridgehead atoms. The van der Waals surface area contributed by atoms with E-state index in [9.17, 15) is 18.5 Å². The summed E-state index contributed by atoms with van der Waals surface area (Å²) in [5.41, 5.74) is 0.904. The van der Waals surface area contributed by atoms with Gasteiger partial charge < -0.3 is 10.2 Å². The van der Waals surface area contributed by atoms with Gasteiger partial charge in [-0.25, -0.2) is 8.42 Å². The lowest BCUT2D eigenvalue weighted by molar-refractivity contribution is -0.384. The van der Waals surface area contributed by atoms with Crippen molar-refractivity contribution < 1.29 is 13.3 Å². The third kappa shape index (κ3) is 4.64. The second-order valence-electron chi connectivity index (χ2n) is 6.64. The Labute approximate surface area is 164 Å². The highest BCUT2D eigenvalue weighted by Gasteiger charge is 2.29. The van der Waals surface area contributed by atoms with Crippen LogP contribution in [0.3, 0.4) is 0 Å². The summed E-state index contributed by atoms with van der Waals surface area (Å²) in [6.07, 6.45) is 2.29. The third-order valence-corrected chi connectivity index (χ3v) is 6.58. The van der Waals surface area contributed by atoms with Crippen LogP contribution in [0.5, 0.6) is 0 Å². The number of nitro groups is 1. The standard InChI is InChI=1S/C18H23N5O4S/c1-21-10-12-22(13-11-21)28(26,27)16-5-6-17(18(14-16)23(24)25)20-9-7-15-4-2-3-8-19-15/h2-6,8,14,20H,7,9-13H2,1H3. The van der Waals surface area contributed by atoms with Gasteiger partial charge in [0.15, 0.2) is 0 Å². The van der Waals surface area contributed by atoms with E-state index < -0.39 is 14.9 Å². The van der Waals surface area contributed by atoms with Gasteiger partial charge in [-0.2, -0.15) is 4.31 Å². The summed E-state index contributed by atoms with van der Waals surface area (Å²) < 4.78 is 27.0. The molecule has 9 nitrogen and oxygen atoms in total. The Balaban J connectivity index is 1.76. The monoisotopic (exact) mass is 405 g/mol. The number of likely N-dealkylation sites (N-methyl/N-ethyl adjacent to an activating group) is 1. The average Bonchev–Trinajstić information content (AvgIpc) is 2.69. The normalized spacial score (nSPS) is 16.0. The molecule has 1 fully saturated rings. The Morgan fingerprint density at radius 3 is 2.57 bits per heavy atom. The smallest absolute Gasteiger partial charge is 0.293 e. The zero-order valence-corrected chi connectivity index (χ0v) is 16.4. The molecule has 0 radical (unpaired) electrons. The van der Waals surface area contributed by atoms with Crippen LogP contribution in [0.4, 0.5) is 11.4 Å². The van der Waals surface area contributed by atoms with E-state index in [2.05, 4.69) is 10.3 Å². The zero-order chi connectivity index (χ0) is 20.1. The second-order valence-corrected chi connectivity index (χ2v) is 8.58. The third-order valence-electron chi connectivity index (χ3n) is 4.69. The van der Waals surface area contributed by atoms with Crippen LogP contribution in [-0.4, -0.2) is 67.3 Å². The highest BCUT2D eigenvalue weighted by molar-refractivity contribution is 7.89. The SMILES string of the molecule is CN1CCN(S(=O)(=O)c2ccc(NCCc3ccccn3)c([N+](=O)[O-])c2)CC1. The maximum Gasteiger partial charge on any atom is 0.293 e. The van der Waals surface area contributed by atoms with Crippen molar-refractivity contribution in [1.82, 2.24) is 14.2 Å². The minimum atomic E-state index is -3.76. The molecule has 1 aromatic heterocycles. The number of sulfonamides is 1. The Bertz CT molecular complexity index is 928. The van der Waals surface area contributed by atoms with Crippen LogP contribution in [0.15, 0.2) is 47.5 Å². The number of nitrogens with zero attached hydrogens (tertiary/aromatic N) is 4. The molecule has 1 aliphatic rings. The molecule has 1 N–H and O–H groups in total. The molecule has 0 saturated carbocycles. The number of hydrogen-bond acceptors (Lipinski definition) is 7. The first-order valence-electron chi connectivity index (χ1n) is 8.99. The van der Waals surface area contributed by atoms with E-state index in [4.69, 9.17) is 0 Å². The van der Waals surface area contributed by atoms with Gasteiger partial charge >= 0.3 is 0 Å². The van der Waals surface area contributed by atoms with Crippen LogP contribution in [0.25, 0.3) is 0 Å². The summed E-state index contributed by atoms with van der Waals surface area (Å²) in [5, 5.41) is 14.5. The molecule has 0 atom stereocenters.